The molecule has 0 bridgehead atoms. The van der Waals surface area contributed by atoms with Crippen LogP contribution in [0.1, 0.15) is 19.8 Å². The molecule has 0 saturated carbocycles. The molecule has 2 aliphatic rings. The molecule has 2 saturated heterocycles. The van der Waals surface area contributed by atoms with Crippen molar-refractivity contribution in [2.75, 3.05) is 71.1 Å². The number of methoxy groups -OCH3 is 1. The molecule has 2 aromatic carbocycles. The summed E-state index contributed by atoms with van der Waals surface area (Å²) in [4.78, 5) is 28.8. The first-order chi connectivity index (χ1) is 20.6. The van der Waals surface area contributed by atoms with Crippen LogP contribution in [0.3, 0.4) is 0 Å². The highest BCUT2D eigenvalue weighted by atomic mass is 35.5. The van der Waals surface area contributed by atoms with Gasteiger partial charge in [-0.3, -0.25) is 0 Å². The van der Waals surface area contributed by atoms with Crippen LogP contribution in [0.15, 0.2) is 18.2 Å². The van der Waals surface area contributed by atoms with E-state index in [0.717, 1.165) is 24.4 Å². The number of aldehydes is 1. The molecule has 0 amide bonds. The molecule has 0 spiro atoms. The lowest BCUT2D eigenvalue weighted by molar-refractivity contribution is -0.106. The van der Waals surface area contributed by atoms with Gasteiger partial charge in [0, 0.05) is 42.7 Å². The minimum absolute atomic E-state index is 0.0537. The summed E-state index contributed by atoms with van der Waals surface area (Å²) >= 11 is 7.63. The normalized spacial score (nSPS) is 15.4. The number of likely N-dealkylation sites (tertiary alicyclic amines) is 2. The first-order valence-electron chi connectivity index (χ1n) is 14.0. The van der Waals surface area contributed by atoms with E-state index in [4.69, 9.17) is 26.9 Å². The molecule has 43 heavy (non-hydrogen) atoms. The maximum absolute atomic E-state index is 16.1. The van der Waals surface area contributed by atoms with Crippen LogP contribution in [0.2, 0.25) is 5.02 Å². The number of hydrogen-bond donors (Lipinski definition) is 2. The van der Waals surface area contributed by atoms with Crippen LogP contribution in [0.5, 0.6) is 6.01 Å². The van der Waals surface area contributed by atoms with Crippen molar-refractivity contribution in [1.82, 2.24) is 24.8 Å². The molecule has 4 aromatic rings. The van der Waals surface area contributed by atoms with E-state index in [1.165, 1.54) is 45.2 Å². The molecule has 2 aromatic heterocycles. The molecule has 0 unspecified atom stereocenters. The number of hydrogen-bond acceptors (Lipinski definition) is 11. The zero-order valence-electron chi connectivity index (χ0n) is 24.7. The summed E-state index contributed by atoms with van der Waals surface area (Å²) in [7, 11) is 5.65. The van der Waals surface area contributed by atoms with Crippen LogP contribution in [0.25, 0.3) is 32.2 Å². The fourth-order valence-corrected chi connectivity index (χ4v) is 6.29. The fourth-order valence-electron chi connectivity index (χ4n) is 5.23. The number of ether oxygens (including phenoxy) is 1. The van der Waals surface area contributed by atoms with Gasteiger partial charge in [-0.25, -0.2) is 13.8 Å². The maximum Gasteiger partial charge on any atom is 0.318 e. The van der Waals surface area contributed by atoms with Crippen molar-refractivity contribution in [3.05, 3.63) is 34.9 Å². The number of carbonyl (C=O) groups excluding carboxylic acids is 1. The Hall–Kier alpha value is -3.23. The fraction of sp³-hybridized carbons (Fsp3) is 0.448. The Labute approximate surface area is 258 Å². The predicted octanol–water partition coefficient (Wildman–Crippen LogP) is 4.43. The van der Waals surface area contributed by atoms with Gasteiger partial charge in [0.05, 0.1) is 28.4 Å². The Morgan fingerprint density at radius 2 is 1.81 bits per heavy atom. The molecule has 0 aliphatic carbocycles. The first-order valence-corrected chi connectivity index (χ1v) is 15.2. The molecule has 4 heterocycles. The third kappa shape index (κ3) is 7.13. The summed E-state index contributed by atoms with van der Waals surface area (Å²) in [6, 6.07) is 4.65. The van der Waals surface area contributed by atoms with Crippen LogP contribution in [0.4, 0.5) is 19.7 Å². The lowest BCUT2D eigenvalue weighted by Crippen LogP contribution is -2.58. The average Bonchev–Trinajstić information content (AvgIpc) is 3.63. The zero-order chi connectivity index (χ0) is 31.3. The predicted molar refractivity (Wildman–Crippen MR) is 170 cm³/mol. The molecule has 2 aliphatic heterocycles. The van der Waals surface area contributed by atoms with Gasteiger partial charge >= 0.3 is 6.01 Å². The highest BCUT2D eigenvalue weighted by molar-refractivity contribution is 7.22. The number of halogens is 3. The van der Waals surface area contributed by atoms with E-state index in [-0.39, 0.29) is 50.0 Å². The van der Waals surface area contributed by atoms with Gasteiger partial charge in [-0.15, -0.1) is 0 Å². The minimum atomic E-state index is -0.652. The van der Waals surface area contributed by atoms with Gasteiger partial charge in [0.2, 0.25) is 0 Å². The van der Waals surface area contributed by atoms with Crippen LogP contribution in [-0.4, -0.2) is 97.6 Å². The van der Waals surface area contributed by atoms with Crippen molar-refractivity contribution in [2.45, 2.75) is 25.8 Å². The summed E-state index contributed by atoms with van der Waals surface area (Å²) < 4.78 is 35.9. The van der Waals surface area contributed by atoms with Crippen molar-refractivity contribution in [1.29, 1.82) is 0 Å². The third-order valence-corrected chi connectivity index (χ3v) is 8.52. The molecule has 4 N–H and O–H groups in total. The number of anilines is 2. The Morgan fingerprint density at radius 3 is 2.35 bits per heavy atom. The summed E-state index contributed by atoms with van der Waals surface area (Å²) in [6.07, 6.45) is 3.48. The summed E-state index contributed by atoms with van der Waals surface area (Å²) in [5.74, 6) is -0.566. The molecule has 6 rings (SSSR count). The largest absolute Gasteiger partial charge is 0.467 e. The lowest BCUT2D eigenvalue weighted by atomic mass is 10.0. The van der Waals surface area contributed by atoms with Crippen LogP contribution in [-0.2, 0) is 4.79 Å². The quantitative estimate of drug-likeness (QED) is 0.294. The number of carbonyl (C=O) groups is 1. The molecular weight excluding hydrogens is 598 g/mol. The van der Waals surface area contributed by atoms with Gasteiger partial charge in [0.1, 0.15) is 23.4 Å². The molecule has 0 atom stereocenters. The summed E-state index contributed by atoms with van der Waals surface area (Å²) in [5, 5.41) is 0.815. The van der Waals surface area contributed by atoms with Gasteiger partial charge in [-0.2, -0.15) is 9.97 Å². The topological polar surface area (TPSA) is 127 Å². The van der Waals surface area contributed by atoms with Gasteiger partial charge in [0.25, 0.3) is 0 Å². The van der Waals surface area contributed by atoms with E-state index in [1.807, 2.05) is 14.0 Å². The minimum Gasteiger partial charge on any atom is -0.467 e. The van der Waals surface area contributed by atoms with Crippen molar-refractivity contribution in [3.8, 4) is 17.1 Å². The second-order valence-corrected chi connectivity index (χ2v) is 11.8. The SMILES string of the molecule is CCN(c1nc(OC)nc2c(F)c(-c3ccc(F)c4sc(N)nc34)c(Cl)cc12)C1CN(C)C1.CN1CCCC1.NCC=O. The lowest BCUT2D eigenvalue weighted by Gasteiger charge is -2.44. The Morgan fingerprint density at radius 1 is 1.14 bits per heavy atom. The van der Waals surface area contributed by atoms with Gasteiger partial charge < -0.3 is 35.7 Å². The zero-order valence-corrected chi connectivity index (χ0v) is 26.3. The Bertz CT molecular complexity index is 1580. The average molecular weight is 635 g/mol. The molecular formula is C29H37ClF2N8O2S. The van der Waals surface area contributed by atoms with E-state index in [2.05, 4.69) is 42.4 Å². The van der Waals surface area contributed by atoms with E-state index in [9.17, 15) is 4.39 Å². The molecule has 10 nitrogen and oxygen atoms in total. The van der Waals surface area contributed by atoms with Crippen molar-refractivity contribution < 1.29 is 18.3 Å². The van der Waals surface area contributed by atoms with E-state index >= 15 is 4.39 Å². The van der Waals surface area contributed by atoms with Crippen molar-refractivity contribution in [3.63, 3.8) is 0 Å². The number of nitrogen functional groups attached to an aromatic ring is 1. The van der Waals surface area contributed by atoms with Crippen molar-refractivity contribution >= 4 is 61.3 Å². The highest BCUT2D eigenvalue weighted by Crippen LogP contribution is 2.43. The number of likely N-dealkylation sites (N-methyl/N-ethyl adjacent to an activating group) is 2. The highest BCUT2D eigenvalue weighted by Gasteiger charge is 2.32. The second-order valence-electron chi connectivity index (χ2n) is 10.4. The summed E-state index contributed by atoms with van der Waals surface area (Å²) in [6.45, 7) is 7.21. The number of fused-ring (bicyclic) bond motifs is 2. The number of thiazole rings is 1. The van der Waals surface area contributed by atoms with Crippen LogP contribution >= 0.6 is 22.9 Å². The van der Waals surface area contributed by atoms with Crippen molar-refractivity contribution in [2.24, 2.45) is 5.73 Å². The monoisotopic (exact) mass is 634 g/mol. The number of nitrogens with zero attached hydrogens (tertiary/aromatic N) is 6. The van der Waals surface area contributed by atoms with Crippen LogP contribution in [0, 0.1) is 11.6 Å². The first kappa shape index (κ1) is 32.7. The second kappa shape index (κ2) is 14.5. The number of nitrogens with two attached hydrogens (primary N) is 2. The van der Waals surface area contributed by atoms with Gasteiger partial charge in [-0.05, 0) is 65.1 Å². The number of rotatable bonds is 6. The maximum atomic E-state index is 16.1. The van der Waals surface area contributed by atoms with E-state index < -0.39 is 11.6 Å². The Kier molecular flexibility index (Phi) is 11.0. The smallest absolute Gasteiger partial charge is 0.318 e. The van der Waals surface area contributed by atoms with E-state index in [1.54, 1.807) is 6.07 Å². The standard InChI is InChI=1S/C22H21ClF2N6OS.C5H11N.C2H5NO/c1-4-31(10-8-30(2)9-10)20-12-7-13(23)15(16(25)17(12)28-22(29-20)32-3)11-5-6-14(24)19-18(11)27-21(26)33-19;1-6-4-2-3-5-6;3-1-2-4/h5-7,10H,4,8-9H2,1-3H3,(H2,26,27);2-5H2,1H3;2H,1,3H2. The van der Waals surface area contributed by atoms with E-state index in [0.29, 0.717) is 29.6 Å². The third-order valence-electron chi connectivity index (χ3n) is 7.33. The van der Waals surface area contributed by atoms with Crippen LogP contribution < -0.4 is 21.1 Å². The number of benzene rings is 2. The summed E-state index contributed by atoms with van der Waals surface area (Å²) in [5.41, 5.74) is 11.2. The molecule has 14 heteroatoms. The van der Waals surface area contributed by atoms with Gasteiger partial charge in [0.15, 0.2) is 10.9 Å². The van der Waals surface area contributed by atoms with Gasteiger partial charge in [-0.1, -0.05) is 22.9 Å². The molecule has 232 valence electrons. The molecule has 0 radical (unpaired) electrons. The Balaban J connectivity index is 0.000000362. The number of aromatic nitrogens is 3. The molecule has 2 fully saturated rings.